The molecule has 0 amide bonds. The molecule has 0 aliphatic rings. The molecule has 5 nitrogen and oxygen atoms in total. The Morgan fingerprint density at radius 3 is 2.59 bits per heavy atom. The summed E-state index contributed by atoms with van der Waals surface area (Å²) in [6, 6.07) is 8.42. The van der Waals surface area contributed by atoms with Crippen LogP contribution in [0.5, 0.6) is 11.5 Å². The number of nitrogens with one attached hydrogen (secondary N) is 1. The standard InChI is InChI=1S/C16H15ClN2O3/c1-21-14-5-3-11(9-15(14)22-2)13(20)7-8-18-16-6-4-12(17)10-19-16/h3-10H,1-2H3,(H,18,19)/b8-7+. The van der Waals surface area contributed by atoms with Gasteiger partial charge in [-0.2, -0.15) is 0 Å². The number of carbonyl (C=O) groups is 1. The molecule has 0 unspecified atom stereocenters. The Labute approximate surface area is 133 Å². The van der Waals surface area contributed by atoms with Crippen LogP contribution in [0.3, 0.4) is 0 Å². The van der Waals surface area contributed by atoms with E-state index in [0.717, 1.165) is 0 Å². The Hall–Kier alpha value is -2.53. The number of aromatic nitrogens is 1. The van der Waals surface area contributed by atoms with Gasteiger partial charge >= 0.3 is 0 Å². The van der Waals surface area contributed by atoms with E-state index < -0.39 is 0 Å². The lowest BCUT2D eigenvalue weighted by molar-refractivity contribution is 0.104. The average molecular weight is 319 g/mol. The van der Waals surface area contributed by atoms with E-state index in [1.807, 2.05) is 0 Å². The van der Waals surface area contributed by atoms with Gasteiger partial charge in [-0.15, -0.1) is 0 Å². The first-order valence-corrected chi connectivity index (χ1v) is 6.83. The Balaban J connectivity index is 2.05. The van der Waals surface area contributed by atoms with Gasteiger partial charge in [-0.05, 0) is 30.3 Å². The van der Waals surface area contributed by atoms with Crippen LogP contribution >= 0.6 is 11.6 Å². The number of anilines is 1. The van der Waals surface area contributed by atoms with E-state index in [-0.39, 0.29) is 5.78 Å². The van der Waals surface area contributed by atoms with Crippen LogP contribution in [-0.2, 0) is 0 Å². The van der Waals surface area contributed by atoms with Crippen LogP contribution < -0.4 is 14.8 Å². The van der Waals surface area contributed by atoms with Crippen molar-refractivity contribution in [3.63, 3.8) is 0 Å². The number of nitrogens with zero attached hydrogens (tertiary/aromatic N) is 1. The van der Waals surface area contributed by atoms with Crippen LogP contribution in [-0.4, -0.2) is 25.0 Å². The maximum atomic E-state index is 12.1. The van der Waals surface area contributed by atoms with Crippen molar-refractivity contribution in [3.8, 4) is 11.5 Å². The molecular formula is C16H15ClN2O3. The molecule has 2 rings (SSSR count). The highest BCUT2D eigenvalue weighted by atomic mass is 35.5. The first-order valence-electron chi connectivity index (χ1n) is 6.45. The molecule has 0 bridgehead atoms. The Morgan fingerprint density at radius 1 is 1.18 bits per heavy atom. The molecule has 114 valence electrons. The first-order chi connectivity index (χ1) is 10.6. The van der Waals surface area contributed by atoms with Crippen LogP contribution in [0.4, 0.5) is 5.82 Å². The minimum absolute atomic E-state index is 0.164. The van der Waals surface area contributed by atoms with E-state index in [0.29, 0.717) is 27.9 Å². The smallest absolute Gasteiger partial charge is 0.187 e. The normalized spacial score (nSPS) is 10.5. The van der Waals surface area contributed by atoms with Crippen LogP contribution in [0.25, 0.3) is 0 Å². The van der Waals surface area contributed by atoms with Crippen molar-refractivity contribution < 1.29 is 14.3 Å². The van der Waals surface area contributed by atoms with Gasteiger partial charge in [0, 0.05) is 24.0 Å². The number of ether oxygens (including phenoxy) is 2. The molecule has 0 saturated heterocycles. The number of rotatable bonds is 6. The minimum atomic E-state index is -0.164. The number of carbonyl (C=O) groups excluding carboxylic acids is 1. The fraction of sp³-hybridized carbons (Fsp3) is 0.125. The quantitative estimate of drug-likeness (QED) is 0.652. The molecule has 0 aliphatic heterocycles. The zero-order valence-electron chi connectivity index (χ0n) is 12.2. The molecule has 0 spiro atoms. The van der Waals surface area contributed by atoms with Crippen LogP contribution in [0.15, 0.2) is 48.8 Å². The van der Waals surface area contributed by atoms with E-state index in [4.69, 9.17) is 21.1 Å². The summed E-state index contributed by atoms with van der Waals surface area (Å²) in [5.74, 6) is 1.52. The summed E-state index contributed by atoms with van der Waals surface area (Å²) in [6.45, 7) is 0. The maximum Gasteiger partial charge on any atom is 0.187 e. The van der Waals surface area contributed by atoms with Crippen molar-refractivity contribution in [2.75, 3.05) is 19.5 Å². The Morgan fingerprint density at radius 2 is 1.95 bits per heavy atom. The van der Waals surface area contributed by atoms with Crippen LogP contribution in [0.1, 0.15) is 10.4 Å². The monoisotopic (exact) mass is 318 g/mol. The summed E-state index contributed by atoms with van der Waals surface area (Å²) in [5, 5.41) is 3.45. The van der Waals surface area contributed by atoms with Gasteiger partial charge < -0.3 is 14.8 Å². The predicted molar refractivity (Wildman–Crippen MR) is 85.9 cm³/mol. The molecule has 0 atom stereocenters. The number of hydrogen-bond donors (Lipinski definition) is 1. The molecule has 1 aromatic heterocycles. The van der Waals surface area contributed by atoms with Crippen LogP contribution in [0, 0.1) is 0 Å². The summed E-state index contributed by atoms with van der Waals surface area (Å²) >= 11 is 5.74. The Kier molecular flexibility index (Phi) is 5.38. The minimum Gasteiger partial charge on any atom is -0.493 e. The second-order valence-corrected chi connectivity index (χ2v) is 4.71. The third-order valence-corrected chi connectivity index (χ3v) is 3.08. The van der Waals surface area contributed by atoms with Gasteiger partial charge in [-0.3, -0.25) is 4.79 Å². The fourth-order valence-corrected chi connectivity index (χ4v) is 1.86. The highest BCUT2D eigenvalue weighted by Crippen LogP contribution is 2.27. The van der Waals surface area contributed by atoms with E-state index in [1.165, 1.54) is 25.6 Å². The largest absolute Gasteiger partial charge is 0.493 e. The van der Waals surface area contributed by atoms with Crippen molar-refractivity contribution in [1.29, 1.82) is 0 Å². The summed E-state index contributed by atoms with van der Waals surface area (Å²) in [4.78, 5) is 16.1. The predicted octanol–water partition coefficient (Wildman–Crippen LogP) is 3.56. The highest BCUT2D eigenvalue weighted by Gasteiger charge is 2.08. The molecular weight excluding hydrogens is 304 g/mol. The van der Waals surface area contributed by atoms with Gasteiger partial charge in [-0.25, -0.2) is 4.98 Å². The third kappa shape index (κ3) is 3.99. The summed E-state index contributed by atoms with van der Waals surface area (Å²) in [5.41, 5.74) is 0.500. The molecule has 0 fully saturated rings. The summed E-state index contributed by atoms with van der Waals surface area (Å²) in [6.07, 6.45) is 4.46. The van der Waals surface area contributed by atoms with Crippen molar-refractivity contribution in [2.24, 2.45) is 0 Å². The van der Waals surface area contributed by atoms with E-state index >= 15 is 0 Å². The molecule has 0 aliphatic carbocycles. The van der Waals surface area contributed by atoms with Crippen LogP contribution in [0.2, 0.25) is 5.02 Å². The summed E-state index contributed by atoms with van der Waals surface area (Å²) in [7, 11) is 3.07. The summed E-state index contributed by atoms with van der Waals surface area (Å²) < 4.78 is 10.3. The number of ketones is 1. The lowest BCUT2D eigenvalue weighted by Crippen LogP contribution is -1.99. The fourth-order valence-electron chi connectivity index (χ4n) is 1.75. The van der Waals surface area contributed by atoms with Gasteiger partial charge in [0.1, 0.15) is 5.82 Å². The third-order valence-electron chi connectivity index (χ3n) is 2.86. The molecule has 1 N–H and O–H groups in total. The first kappa shape index (κ1) is 15.9. The second-order valence-electron chi connectivity index (χ2n) is 4.27. The number of methoxy groups -OCH3 is 2. The van der Waals surface area contributed by atoms with Gasteiger partial charge in [0.2, 0.25) is 0 Å². The maximum absolute atomic E-state index is 12.1. The molecule has 2 aromatic rings. The van der Waals surface area contributed by atoms with E-state index in [2.05, 4.69) is 10.3 Å². The van der Waals surface area contributed by atoms with Gasteiger partial charge in [-0.1, -0.05) is 11.6 Å². The highest BCUT2D eigenvalue weighted by molar-refractivity contribution is 6.30. The van der Waals surface area contributed by atoms with Crippen molar-refractivity contribution >= 4 is 23.2 Å². The van der Waals surface area contributed by atoms with E-state index in [1.54, 1.807) is 37.4 Å². The van der Waals surface area contributed by atoms with Gasteiger partial charge in [0.05, 0.1) is 19.2 Å². The molecule has 1 aromatic carbocycles. The molecule has 22 heavy (non-hydrogen) atoms. The average Bonchev–Trinajstić information content (AvgIpc) is 2.55. The van der Waals surface area contributed by atoms with Crippen molar-refractivity contribution in [2.45, 2.75) is 0 Å². The van der Waals surface area contributed by atoms with Gasteiger partial charge in [0.25, 0.3) is 0 Å². The molecule has 0 saturated carbocycles. The van der Waals surface area contributed by atoms with E-state index in [9.17, 15) is 4.79 Å². The molecule has 0 radical (unpaired) electrons. The number of benzene rings is 1. The molecule has 1 heterocycles. The number of hydrogen-bond acceptors (Lipinski definition) is 5. The van der Waals surface area contributed by atoms with Crippen molar-refractivity contribution in [3.05, 3.63) is 59.4 Å². The Bertz CT molecular complexity index is 684. The number of halogens is 1. The second kappa shape index (κ2) is 7.47. The lowest BCUT2D eigenvalue weighted by Gasteiger charge is -2.08. The van der Waals surface area contributed by atoms with Crippen molar-refractivity contribution in [1.82, 2.24) is 4.98 Å². The topological polar surface area (TPSA) is 60.5 Å². The SMILES string of the molecule is COc1ccc(C(=O)/C=C/Nc2ccc(Cl)cn2)cc1OC. The molecule has 6 heteroatoms. The number of pyridine rings is 1. The van der Waals surface area contributed by atoms with Gasteiger partial charge in [0.15, 0.2) is 17.3 Å². The lowest BCUT2D eigenvalue weighted by atomic mass is 10.1. The number of allylic oxidation sites excluding steroid dienone is 1. The zero-order valence-corrected chi connectivity index (χ0v) is 12.9. The zero-order chi connectivity index (χ0) is 15.9.